The zero-order chi connectivity index (χ0) is 14.9. The number of halogens is 2. The molecule has 1 N–H and O–H groups in total. The molecule has 8 heteroatoms. The summed E-state index contributed by atoms with van der Waals surface area (Å²) in [6, 6.07) is 2.22. The van der Waals surface area contributed by atoms with E-state index in [0.29, 0.717) is 0 Å². The Morgan fingerprint density at radius 1 is 1.40 bits per heavy atom. The lowest BCUT2D eigenvalue weighted by Gasteiger charge is -2.09. The van der Waals surface area contributed by atoms with Crippen molar-refractivity contribution in [1.82, 2.24) is 9.71 Å². The Bertz CT molecular complexity index is 744. The molecule has 0 fully saturated rings. The number of rotatable bonds is 4. The summed E-state index contributed by atoms with van der Waals surface area (Å²) in [5.74, 6) is -0.535. The van der Waals surface area contributed by atoms with Crippen molar-refractivity contribution in [2.75, 3.05) is 0 Å². The van der Waals surface area contributed by atoms with Gasteiger partial charge >= 0.3 is 0 Å². The van der Waals surface area contributed by atoms with Gasteiger partial charge in [0.15, 0.2) is 0 Å². The summed E-state index contributed by atoms with van der Waals surface area (Å²) in [6.07, 6.45) is 1.61. The van der Waals surface area contributed by atoms with Crippen molar-refractivity contribution in [1.29, 1.82) is 0 Å². The highest BCUT2D eigenvalue weighted by Gasteiger charge is 2.19. The molecule has 0 saturated carbocycles. The van der Waals surface area contributed by atoms with E-state index in [9.17, 15) is 12.8 Å². The van der Waals surface area contributed by atoms with Crippen LogP contribution in [0, 0.1) is 19.7 Å². The van der Waals surface area contributed by atoms with E-state index in [1.807, 2.05) is 6.92 Å². The largest absolute Gasteiger partial charge is 0.250 e. The predicted molar refractivity (Wildman–Crippen MR) is 77.0 cm³/mol. The Kier molecular flexibility index (Phi) is 4.43. The van der Waals surface area contributed by atoms with Crippen LogP contribution in [0.25, 0.3) is 0 Å². The number of benzene rings is 1. The number of hydrogen-bond donors (Lipinski definition) is 1. The molecule has 0 spiro atoms. The third-order valence-corrected chi connectivity index (χ3v) is 5.39. The SMILES string of the molecule is Cc1ncc(CNS(=O)(=O)c2cc(C)c(F)cc2Cl)s1. The Hall–Kier alpha value is -1.02. The molecule has 0 aliphatic carbocycles. The topological polar surface area (TPSA) is 59.1 Å². The monoisotopic (exact) mass is 334 g/mol. The number of thiazole rings is 1. The summed E-state index contributed by atoms with van der Waals surface area (Å²) >= 11 is 7.21. The maximum atomic E-state index is 13.3. The molecule has 0 radical (unpaired) electrons. The minimum atomic E-state index is -3.79. The van der Waals surface area contributed by atoms with Gasteiger partial charge in [-0.05, 0) is 31.5 Å². The predicted octanol–water partition coefficient (Wildman–Crippen LogP) is 3.03. The van der Waals surface area contributed by atoms with Gasteiger partial charge in [-0.2, -0.15) is 0 Å². The van der Waals surface area contributed by atoms with Crippen LogP contribution in [0.2, 0.25) is 5.02 Å². The second-order valence-electron chi connectivity index (χ2n) is 4.20. The number of hydrogen-bond acceptors (Lipinski definition) is 4. The third-order valence-electron chi connectivity index (χ3n) is 2.61. The number of aromatic nitrogens is 1. The first-order valence-electron chi connectivity index (χ1n) is 5.66. The summed E-state index contributed by atoms with van der Waals surface area (Å²) in [7, 11) is -3.79. The molecule has 0 bridgehead atoms. The van der Waals surface area contributed by atoms with E-state index in [2.05, 4.69) is 9.71 Å². The van der Waals surface area contributed by atoms with Gasteiger partial charge in [-0.3, -0.25) is 0 Å². The van der Waals surface area contributed by atoms with Crippen LogP contribution in [-0.2, 0) is 16.6 Å². The van der Waals surface area contributed by atoms with Crippen molar-refractivity contribution >= 4 is 33.0 Å². The molecule has 108 valence electrons. The van der Waals surface area contributed by atoms with E-state index in [0.717, 1.165) is 16.0 Å². The van der Waals surface area contributed by atoms with Crippen molar-refractivity contribution in [3.63, 3.8) is 0 Å². The summed E-state index contributed by atoms with van der Waals surface area (Å²) < 4.78 is 40.0. The van der Waals surface area contributed by atoms with Crippen molar-refractivity contribution in [2.24, 2.45) is 0 Å². The standard InChI is InChI=1S/C12H12ClFN2O2S2/c1-7-3-12(10(13)4-11(7)14)20(17,18)16-6-9-5-15-8(2)19-9/h3-5,16H,6H2,1-2H3. The fourth-order valence-corrected chi connectivity index (χ4v) is 4.00. The van der Waals surface area contributed by atoms with Crippen molar-refractivity contribution in [3.8, 4) is 0 Å². The highest BCUT2D eigenvalue weighted by Crippen LogP contribution is 2.25. The molecule has 0 atom stereocenters. The second-order valence-corrected chi connectivity index (χ2v) is 7.66. The van der Waals surface area contributed by atoms with Gasteiger partial charge in [-0.25, -0.2) is 22.5 Å². The van der Waals surface area contributed by atoms with Gasteiger partial charge in [0.05, 0.1) is 10.0 Å². The molecule has 2 rings (SSSR count). The minimum Gasteiger partial charge on any atom is -0.250 e. The summed E-state index contributed by atoms with van der Waals surface area (Å²) in [5.41, 5.74) is 0.225. The average molecular weight is 335 g/mol. The fraction of sp³-hybridized carbons (Fsp3) is 0.250. The maximum absolute atomic E-state index is 13.3. The van der Waals surface area contributed by atoms with Crippen LogP contribution >= 0.6 is 22.9 Å². The first-order valence-corrected chi connectivity index (χ1v) is 8.34. The molecular formula is C12H12ClFN2O2S2. The molecule has 0 saturated heterocycles. The molecule has 0 aliphatic rings. The van der Waals surface area contributed by atoms with Crippen LogP contribution in [-0.4, -0.2) is 13.4 Å². The van der Waals surface area contributed by atoms with Crippen molar-refractivity contribution in [2.45, 2.75) is 25.3 Å². The van der Waals surface area contributed by atoms with E-state index in [4.69, 9.17) is 11.6 Å². The molecule has 4 nitrogen and oxygen atoms in total. The number of nitrogens with one attached hydrogen (secondary N) is 1. The van der Waals surface area contributed by atoms with Gasteiger partial charge in [0.1, 0.15) is 10.7 Å². The fourth-order valence-electron chi connectivity index (χ4n) is 1.57. The quantitative estimate of drug-likeness (QED) is 0.935. The zero-order valence-electron chi connectivity index (χ0n) is 10.8. The van der Waals surface area contributed by atoms with E-state index in [1.54, 1.807) is 6.20 Å². The van der Waals surface area contributed by atoms with E-state index < -0.39 is 15.8 Å². The molecule has 2 aromatic rings. The average Bonchev–Trinajstić information content (AvgIpc) is 2.77. The first-order chi connectivity index (χ1) is 9.29. The summed E-state index contributed by atoms with van der Waals surface area (Å²) in [5, 5.41) is 0.718. The third kappa shape index (κ3) is 3.35. The molecule has 1 aromatic heterocycles. The van der Waals surface area contributed by atoms with E-state index in [-0.39, 0.29) is 22.0 Å². The van der Waals surface area contributed by atoms with Gasteiger partial charge < -0.3 is 0 Å². The number of sulfonamides is 1. The van der Waals surface area contributed by atoms with Gasteiger partial charge in [-0.15, -0.1) is 11.3 Å². The van der Waals surface area contributed by atoms with Gasteiger partial charge in [0.2, 0.25) is 10.0 Å². The molecule has 20 heavy (non-hydrogen) atoms. The lowest BCUT2D eigenvalue weighted by molar-refractivity contribution is 0.580. The van der Waals surface area contributed by atoms with Crippen LogP contribution < -0.4 is 4.72 Å². The van der Waals surface area contributed by atoms with Crippen molar-refractivity contribution in [3.05, 3.63) is 44.6 Å². The number of aryl methyl sites for hydroxylation is 2. The maximum Gasteiger partial charge on any atom is 0.242 e. The molecule has 1 aromatic carbocycles. The highest BCUT2D eigenvalue weighted by molar-refractivity contribution is 7.89. The van der Waals surface area contributed by atoms with E-state index in [1.165, 1.54) is 24.3 Å². The molecule has 1 heterocycles. The van der Waals surface area contributed by atoms with Crippen molar-refractivity contribution < 1.29 is 12.8 Å². The Morgan fingerprint density at radius 3 is 2.70 bits per heavy atom. The van der Waals surface area contributed by atoms with Crippen LogP contribution in [0.3, 0.4) is 0 Å². The van der Waals surface area contributed by atoms with Crippen LogP contribution in [0.5, 0.6) is 0 Å². The van der Waals surface area contributed by atoms with Gasteiger partial charge in [0, 0.05) is 17.6 Å². The molecule has 0 unspecified atom stereocenters. The normalized spacial score (nSPS) is 11.8. The highest BCUT2D eigenvalue weighted by atomic mass is 35.5. The number of nitrogens with zero attached hydrogens (tertiary/aromatic N) is 1. The Morgan fingerprint density at radius 2 is 2.10 bits per heavy atom. The smallest absolute Gasteiger partial charge is 0.242 e. The van der Waals surface area contributed by atoms with Crippen LogP contribution in [0.1, 0.15) is 15.4 Å². The lowest BCUT2D eigenvalue weighted by Crippen LogP contribution is -2.23. The van der Waals surface area contributed by atoms with E-state index >= 15 is 0 Å². The van der Waals surface area contributed by atoms with Crippen LogP contribution in [0.4, 0.5) is 4.39 Å². The molecule has 0 amide bonds. The molecular weight excluding hydrogens is 323 g/mol. The van der Waals surface area contributed by atoms with Gasteiger partial charge in [0.25, 0.3) is 0 Å². The first kappa shape index (κ1) is 15.4. The Labute approximate surface area is 125 Å². The summed E-state index contributed by atoms with van der Waals surface area (Å²) in [4.78, 5) is 4.71. The second kappa shape index (κ2) is 5.77. The lowest BCUT2D eigenvalue weighted by atomic mass is 10.2. The molecule has 0 aliphatic heterocycles. The zero-order valence-corrected chi connectivity index (χ0v) is 13.2. The summed E-state index contributed by atoms with van der Waals surface area (Å²) in [6.45, 7) is 3.45. The minimum absolute atomic E-state index is 0.126. The Balaban J connectivity index is 2.24. The van der Waals surface area contributed by atoms with Crippen LogP contribution in [0.15, 0.2) is 23.2 Å². The van der Waals surface area contributed by atoms with Gasteiger partial charge in [-0.1, -0.05) is 11.6 Å².